The summed E-state index contributed by atoms with van der Waals surface area (Å²) in [5.41, 5.74) is 2.90. The third-order valence-electron chi connectivity index (χ3n) is 2.06. The van der Waals surface area contributed by atoms with E-state index in [1.165, 1.54) is 0 Å². The van der Waals surface area contributed by atoms with Gasteiger partial charge in [0.1, 0.15) is 0 Å². The monoisotopic (exact) mass is 229 g/mol. The Labute approximate surface area is 92.7 Å². The summed E-state index contributed by atoms with van der Waals surface area (Å²) >= 11 is 6.02. The third kappa shape index (κ3) is 2.02. The Balaban J connectivity index is 2.38. The number of nitrogens with one attached hydrogen (secondary N) is 1. The van der Waals surface area contributed by atoms with Gasteiger partial charge in [0.2, 0.25) is 5.79 Å². The summed E-state index contributed by atoms with van der Waals surface area (Å²) in [6.07, 6.45) is 0. The zero-order chi connectivity index (χ0) is 11.1. The molecule has 1 aromatic carbocycles. The molecule has 2 rings (SSSR count). The van der Waals surface area contributed by atoms with Gasteiger partial charge in [-0.15, -0.1) is 0 Å². The molecule has 0 bridgehead atoms. The van der Waals surface area contributed by atoms with Crippen molar-refractivity contribution >= 4 is 11.6 Å². The lowest BCUT2D eigenvalue weighted by Gasteiger charge is -2.16. The number of rotatable bonds is 2. The van der Waals surface area contributed by atoms with Gasteiger partial charge in [-0.2, -0.15) is 0 Å². The molecular formula is C10H12ClNO3. The first-order chi connectivity index (χ1) is 7.02. The molecule has 4 nitrogen and oxygen atoms in total. The number of hydrogen-bond donors (Lipinski definition) is 2. The maximum absolute atomic E-state index is 8.60. The number of hydroxylamine groups is 1. The highest BCUT2D eigenvalue weighted by molar-refractivity contribution is 6.32. The molecule has 0 amide bonds. The van der Waals surface area contributed by atoms with Crippen LogP contribution in [0.4, 0.5) is 0 Å². The van der Waals surface area contributed by atoms with Crippen LogP contribution in [0.3, 0.4) is 0 Å². The minimum absolute atomic E-state index is 0.316. The summed E-state index contributed by atoms with van der Waals surface area (Å²) in [5, 5.41) is 9.09. The van der Waals surface area contributed by atoms with Crippen LogP contribution in [0.2, 0.25) is 5.02 Å². The maximum atomic E-state index is 8.60. The fourth-order valence-electron chi connectivity index (χ4n) is 1.52. The second kappa shape index (κ2) is 3.56. The molecule has 0 aliphatic carbocycles. The van der Waals surface area contributed by atoms with E-state index in [0.717, 1.165) is 5.56 Å². The molecule has 0 aromatic heterocycles. The van der Waals surface area contributed by atoms with E-state index >= 15 is 0 Å². The Morgan fingerprint density at radius 1 is 1.40 bits per heavy atom. The van der Waals surface area contributed by atoms with Crippen molar-refractivity contribution in [3.63, 3.8) is 0 Å². The van der Waals surface area contributed by atoms with Crippen molar-refractivity contribution in [3.8, 4) is 11.5 Å². The summed E-state index contributed by atoms with van der Waals surface area (Å²) in [7, 11) is 0. The molecule has 0 spiro atoms. The van der Waals surface area contributed by atoms with E-state index in [2.05, 4.69) is 5.48 Å². The van der Waals surface area contributed by atoms with Crippen LogP contribution in [0, 0.1) is 0 Å². The molecule has 0 atom stereocenters. The molecule has 5 heteroatoms. The van der Waals surface area contributed by atoms with E-state index < -0.39 is 5.79 Å². The van der Waals surface area contributed by atoms with Crippen molar-refractivity contribution in [2.75, 3.05) is 0 Å². The number of fused-ring (bicyclic) bond motifs is 1. The van der Waals surface area contributed by atoms with Gasteiger partial charge in [0.15, 0.2) is 11.5 Å². The average molecular weight is 230 g/mol. The van der Waals surface area contributed by atoms with E-state index in [-0.39, 0.29) is 0 Å². The molecular weight excluding hydrogens is 218 g/mol. The highest BCUT2D eigenvalue weighted by atomic mass is 35.5. The van der Waals surface area contributed by atoms with Crippen LogP contribution in [-0.2, 0) is 6.54 Å². The van der Waals surface area contributed by atoms with Gasteiger partial charge < -0.3 is 14.7 Å². The van der Waals surface area contributed by atoms with Crippen LogP contribution in [0.15, 0.2) is 12.1 Å². The Kier molecular flexibility index (Phi) is 2.50. The maximum Gasteiger partial charge on any atom is 0.246 e. The second-order valence-corrected chi connectivity index (χ2v) is 4.25. The summed E-state index contributed by atoms with van der Waals surface area (Å²) < 4.78 is 11.1. The van der Waals surface area contributed by atoms with Crippen molar-refractivity contribution in [2.24, 2.45) is 0 Å². The minimum atomic E-state index is -0.683. The smallest absolute Gasteiger partial charge is 0.246 e. The predicted molar refractivity (Wildman–Crippen MR) is 55.4 cm³/mol. The molecule has 1 aliphatic heterocycles. The van der Waals surface area contributed by atoms with E-state index in [9.17, 15) is 0 Å². The van der Waals surface area contributed by atoms with Gasteiger partial charge in [0.05, 0.1) is 5.02 Å². The van der Waals surface area contributed by atoms with Crippen molar-refractivity contribution in [1.82, 2.24) is 5.48 Å². The molecule has 82 valence electrons. The van der Waals surface area contributed by atoms with Gasteiger partial charge in [-0.25, -0.2) is 5.48 Å². The van der Waals surface area contributed by atoms with Crippen LogP contribution in [0.25, 0.3) is 0 Å². The number of benzene rings is 1. The van der Waals surface area contributed by atoms with Gasteiger partial charge in [-0.3, -0.25) is 0 Å². The molecule has 0 radical (unpaired) electrons. The van der Waals surface area contributed by atoms with Gasteiger partial charge in [0, 0.05) is 20.4 Å². The quantitative estimate of drug-likeness (QED) is 0.765. The Hall–Kier alpha value is -0.970. The zero-order valence-electron chi connectivity index (χ0n) is 8.50. The van der Waals surface area contributed by atoms with Crippen LogP contribution in [0.5, 0.6) is 11.5 Å². The number of halogens is 1. The van der Waals surface area contributed by atoms with Gasteiger partial charge in [0.25, 0.3) is 0 Å². The first-order valence-corrected chi connectivity index (χ1v) is 4.97. The van der Waals surface area contributed by atoms with Crippen molar-refractivity contribution in [1.29, 1.82) is 0 Å². The lowest BCUT2D eigenvalue weighted by Crippen LogP contribution is -2.29. The second-order valence-electron chi connectivity index (χ2n) is 3.84. The largest absolute Gasteiger partial charge is 0.449 e. The molecule has 1 heterocycles. The third-order valence-corrected chi connectivity index (χ3v) is 2.34. The first-order valence-electron chi connectivity index (χ1n) is 4.59. The molecule has 0 unspecified atom stereocenters. The number of hydrogen-bond acceptors (Lipinski definition) is 4. The highest BCUT2D eigenvalue weighted by Crippen LogP contribution is 2.44. The Morgan fingerprint density at radius 2 is 2.13 bits per heavy atom. The van der Waals surface area contributed by atoms with Gasteiger partial charge in [-0.1, -0.05) is 11.6 Å². The fraction of sp³-hybridized carbons (Fsp3) is 0.400. The normalized spacial score (nSPS) is 16.8. The number of ether oxygens (including phenoxy) is 2. The summed E-state index contributed by atoms with van der Waals surface area (Å²) in [5.74, 6) is 0.484. The molecule has 15 heavy (non-hydrogen) atoms. The van der Waals surface area contributed by atoms with E-state index in [1.54, 1.807) is 12.1 Å². The molecule has 1 aliphatic rings. The SMILES string of the molecule is CC1(C)Oc2cc(CNO)cc(Cl)c2O1. The fourth-order valence-corrected chi connectivity index (χ4v) is 1.79. The van der Waals surface area contributed by atoms with E-state index in [0.29, 0.717) is 23.1 Å². The topological polar surface area (TPSA) is 50.7 Å². The zero-order valence-corrected chi connectivity index (χ0v) is 9.26. The Morgan fingerprint density at radius 3 is 2.80 bits per heavy atom. The standard InChI is InChI=1S/C10H12ClNO3/c1-10(2)14-8-4-6(5-12-13)3-7(11)9(8)15-10/h3-4,12-13H,5H2,1-2H3. The molecule has 0 saturated carbocycles. The molecule has 0 fully saturated rings. The predicted octanol–water partition coefficient (Wildman–Crippen LogP) is 2.33. The van der Waals surface area contributed by atoms with Crippen LogP contribution in [-0.4, -0.2) is 11.0 Å². The summed E-state index contributed by atoms with van der Waals surface area (Å²) in [4.78, 5) is 0. The minimum Gasteiger partial charge on any atom is -0.449 e. The lowest BCUT2D eigenvalue weighted by molar-refractivity contribution is -0.0431. The molecule has 1 aromatic rings. The van der Waals surface area contributed by atoms with Gasteiger partial charge in [-0.05, 0) is 17.7 Å². The lowest BCUT2D eigenvalue weighted by atomic mass is 10.2. The average Bonchev–Trinajstić information content (AvgIpc) is 2.41. The molecule has 0 saturated heterocycles. The summed E-state index contributed by atoms with van der Waals surface area (Å²) in [6, 6.07) is 3.52. The highest BCUT2D eigenvalue weighted by Gasteiger charge is 2.33. The molecule has 2 N–H and O–H groups in total. The van der Waals surface area contributed by atoms with Crippen molar-refractivity contribution < 1.29 is 14.7 Å². The first kappa shape index (κ1) is 10.5. The van der Waals surface area contributed by atoms with E-state index in [1.807, 2.05) is 13.8 Å². The van der Waals surface area contributed by atoms with Crippen LogP contribution < -0.4 is 15.0 Å². The summed E-state index contributed by atoms with van der Waals surface area (Å²) in [6.45, 7) is 3.94. The van der Waals surface area contributed by atoms with E-state index in [4.69, 9.17) is 26.3 Å². The Bertz CT molecular complexity index is 392. The van der Waals surface area contributed by atoms with Crippen LogP contribution >= 0.6 is 11.6 Å². The van der Waals surface area contributed by atoms with Crippen molar-refractivity contribution in [2.45, 2.75) is 26.2 Å². The van der Waals surface area contributed by atoms with Crippen LogP contribution in [0.1, 0.15) is 19.4 Å². The van der Waals surface area contributed by atoms with Crippen molar-refractivity contribution in [3.05, 3.63) is 22.7 Å². The van der Waals surface area contributed by atoms with Gasteiger partial charge >= 0.3 is 0 Å².